The maximum absolute atomic E-state index is 12.4. The van der Waals surface area contributed by atoms with Gasteiger partial charge in [0.05, 0.1) is 13.2 Å². The largest absolute Gasteiger partial charge is 0.488 e. The number of H-pyrrole nitrogens is 1. The minimum absolute atomic E-state index is 0. The average Bonchev–Trinajstić information content (AvgIpc) is 3.26. The van der Waals surface area contributed by atoms with Crippen molar-refractivity contribution in [3.05, 3.63) is 41.2 Å². The zero-order chi connectivity index (χ0) is 16.4. The highest BCUT2D eigenvalue weighted by atomic mass is 35.5. The first kappa shape index (κ1) is 17.7. The highest BCUT2D eigenvalue weighted by molar-refractivity contribution is 6.04. The Bertz CT molecular complexity index is 726. The van der Waals surface area contributed by atoms with E-state index in [1.54, 1.807) is 0 Å². The summed E-state index contributed by atoms with van der Waals surface area (Å²) in [5.74, 6) is 0.582. The molecule has 134 valence electrons. The molecule has 0 bridgehead atoms. The third kappa shape index (κ3) is 3.95. The summed E-state index contributed by atoms with van der Waals surface area (Å²) in [5.41, 5.74) is 3.18. The normalized spacial score (nSPS) is 19.0. The van der Waals surface area contributed by atoms with E-state index >= 15 is 0 Å². The van der Waals surface area contributed by atoms with E-state index in [9.17, 15) is 4.79 Å². The molecule has 8 heteroatoms. The standard InChI is InChI=1S/C17H20N4O3.ClH/c22-17(16-14-9-18-7-5-15(14)20-21-16)19-11-1-3-12(4-2-11)24-13-6-8-23-10-13;/h1-4,13,18H,5-10H2,(H,19,22)(H,20,21);1H. The molecule has 1 aromatic carbocycles. The molecule has 1 saturated heterocycles. The average molecular weight is 365 g/mol. The zero-order valence-electron chi connectivity index (χ0n) is 13.7. The van der Waals surface area contributed by atoms with E-state index in [1.165, 1.54) is 0 Å². The lowest BCUT2D eigenvalue weighted by Crippen LogP contribution is -2.25. The Hall–Kier alpha value is -2.09. The molecule has 0 spiro atoms. The molecule has 1 aromatic heterocycles. The van der Waals surface area contributed by atoms with Crippen molar-refractivity contribution < 1.29 is 14.3 Å². The maximum Gasteiger partial charge on any atom is 0.276 e. The molecule has 1 unspecified atom stereocenters. The lowest BCUT2D eigenvalue weighted by Gasteiger charge is -2.13. The number of amides is 1. The van der Waals surface area contributed by atoms with Crippen molar-refractivity contribution in [1.29, 1.82) is 0 Å². The number of aromatic nitrogens is 2. The Morgan fingerprint density at radius 1 is 1.32 bits per heavy atom. The van der Waals surface area contributed by atoms with Crippen molar-refractivity contribution in [2.75, 3.05) is 25.1 Å². The van der Waals surface area contributed by atoms with Crippen LogP contribution in [0.15, 0.2) is 24.3 Å². The van der Waals surface area contributed by atoms with Gasteiger partial charge in [0, 0.05) is 42.9 Å². The zero-order valence-corrected chi connectivity index (χ0v) is 14.5. The number of carbonyl (C=O) groups is 1. The fourth-order valence-corrected chi connectivity index (χ4v) is 3.02. The van der Waals surface area contributed by atoms with E-state index in [-0.39, 0.29) is 24.4 Å². The fraction of sp³-hybridized carbons (Fsp3) is 0.412. The maximum atomic E-state index is 12.4. The van der Waals surface area contributed by atoms with Crippen molar-refractivity contribution >= 4 is 24.0 Å². The van der Waals surface area contributed by atoms with Crippen LogP contribution in [0.25, 0.3) is 0 Å². The molecule has 25 heavy (non-hydrogen) atoms. The molecule has 0 radical (unpaired) electrons. The molecule has 2 aliphatic heterocycles. The molecule has 1 amide bonds. The molecule has 7 nitrogen and oxygen atoms in total. The summed E-state index contributed by atoms with van der Waals surface area (Å²) in [4.78, 5) is 12.4. The highest BCUT2D eigenvalue weighted by Crippen LogP contribution is 2.21. The second kappa shape index (κ2) is 7.86. The van der Waals surface area contributed by atoms with Crippen molar-refractivity contribution in [2.24, 2.45) is 0 Å². The van der Waals surface area contributed by atoms with Gasteiger partial charge in [0.1, 0.15) is 11.9 Å². The van der Waals surface area contributed by atoms with E-state index in [0.29, 0.717) is 18.8 Å². The summed E-state index contributed by atoms with van der Waals surface area (Å²) < 4.78 is 11.1. The number of hydrogen-bond acceptors (Lipinski definition) is 5. The van der Waals surface area contributed by atoms with E-state index in [1.807, 2.05) is 24.3 Å². The van der Waals surface area contributed by atoms with Crippen molar-refractivity contribution in [3.63, 3.8) is 0 Å². The van der Waals surface area contributed by atoms with Gasteiger partial charge in [-0.25, -0.2) is 0 Å². The van der Waals surface area contributed by atoms with Gasteiger partial charge in [0.15, 0.2) is 5.69 Å². The summed E-state index contributed by atoms with van der Waals surface area (Å²) in [6.07, 6.45) is 1.90. The number of anilines is 1. The van der Waals surface area contributed by atoms with Crippen LogP contribution < -0.4 is 15.4 Å². The van der Waals surface area contributed by atoms with Crippen LogP contribution in [0, 0.1) is 0 Å². The quantitative estimate of drug-likeness (QED) is 0.771. The van der Waals surface area contributed by atoms with Crippen LogP contribution in [0.2, 0.25) is 0 Å². The Labute approximate surface area is 151 Å². The number of hydrogen-bond donors (Lipinski definition) is 3. The number of halogens is 1. The molecule has 1 fully saturated rings. The number of nitrogens with one attached hydrogen (secondary N) is 3. The second-order valence-electron chi connectivity index (χ2n) is 6.04. The smallest absolute Gasteiger partial charge is 0.276 e. The first-order valence-corrected chi connectivity index (χ1v) is 8.22. The van der Waals surface area contributed by atoms with Gasteiger partial charge in [-0.15, -0.1) is 12.4 Å². The number of rotatable bonds is 4. The SMILES string of the molecule is Cl.O=C(Nc1ccc(OC2CCOC2)cc1)c1n[nH]c2c1CNCC2. The van der Waals surface area contributed by atoms with Gasteiger partial charge >= 0.3 is 0 Å². The third-order valence-electron chi connectivity index (χ3n) is 4.32. The van der Waals surface area contributed by atoms with Crippen LogP contribution in [0.5, 0.6) is 5.75 Å². The topological polar surface area (TPSA) is 88.3 Å². The van der Waals surface area contributed by atoms with Gasteiger partial charge in [-0.1, -0.05) is 0 Å². The van der Waals surface area contributed by atoms with Crippen LogP contribution in [0.4, 0.5) is 5.69 Å². The lowest BCUT2D eigenvalue weighted by molar-refractivity contribution is 0.102. The molecule has 2 aromatic rings. The molecule has 3 heterocycles. The number of benzene rings is 1. The van der Waals surface area contributed by atoms with Gasteiger partial charge in [-0.3, -0.25) is 9.89 Å². The van der Waals surface area contributed by atoms with Crippen LogP contribution >= 0.6 is 12.4 Å². The van der Waals surface area contributed by atoms with E-state index in [2.05, 4.69) is 20.8 Å². The van der Waals surface area contributed by atoms with Crippen LogP contribution in [0.3, 0.4) is 0 Å². The molecule has 4 rings (SSSR count). The molecular formula is C17H21ClN4O3. The van der Waals surface area contributed by atoms with E-state index in [4.69, 9.17) is 9.47 Å². The number of nitrogens with zero attached hydrogens (tertiary/aromatic N) is 1. The number of fused-ring (bicyclic) bond motifs is 1. The van der Waals surface area contributed by atoms with Gasteiger partial charge < -0.3 is 20.1 Å². The molecule has 0 aliphatic carbocycles. The molecular weight excluding hydrogens is 344 g/mol. The second-order valence-corrected chi connectivity index (χ2v) is 6.04. The molecule has 3 N–H and O–H groups in total. The van der Waals surface area contributed by atoms with Crippen molar-refractivity contribution in [1.82, 2.24) is 15.5 Å². The monoisotopic (exact) mass is 364 g/mol. The molecule has 1 atom stereocenters. The van der Waals surface area contributed by atoms with E-state index < -0.39 is 0 Å². The Kier molecular flexibility index (Phi) is 5.57. The van der Waals surface area contributed by atoms with Gasteiger partial charge in [0.25, 0.3) is 5.91 Å². The first-order valence-electron chi connectivity index (χ1n) is 8.22. The van der Waals surface area contributed by atoms with E-state index in [0.717, 1.165) is 48.7 Å². The predicted octanol–water partition coefficient (Wildman–Crippen LogP) is 1.90. The Morgan fingerprint density at radius 3 is 2.92 bits per heavy atom. The lowest BCUT2D eigenvalue weighted by atomic mass is 10.1. The third-order valence-corrected chi connectivity index (χ3v) is 4.32. The number of aromatic amines is 1. The van der Waals surface area contributed by atoms with Crippen molar-refractivity contribution in [2.45, 2.75) is 25.5 Å². The number of ether oxygens (including phenoxy) is 2. The highest BCUT2D eigenvalue weighted by Gasteiger charge is 2.21. The summed E-state index contributed by atoms with van der Waals surface area (Å²) in [7, 11) is 0. The first-order chi connectivity index (χ1) is 11.8. The minimum Gasteiger partial charge on any atom is -0.488 e. The van der Waals surface area contributed by atoms with Gasteiger partial charge in [0.2, 0.25) is 0 Å². The van der Waals surface area contributed by atoms with Gasteiger partial charge in [-0.2, -0.15) is 5.10 Å². The Morgan fingerprint density at radius 2 is 2.16 bits per heavy atom. The molecule has 0 saturated carbocycles. The molecule has 2 aliphatic rings. The summed E-state index contributed by atoms with van der Waals surface area (Å²) in [6, 6.07) is 7.38. The fourth-order valence-electron chi connectivity index (χ4n) is 3.02. The summed E-state index contributed by atoms with van der Waals surface area (Å²) in [5, 5.41) is 13.3. The summed E-state index contributed by atoms with van der Waals surface area (Å²) in [6.45, 7) is 2.97. The summed E-state index contributed by atoms with van der Waals surface area (Å²) >= 11 is 0. The predicted molar refractivity (Wildman–Crippen MR) is 95.5 cm³/mol. The minimum atomic E-state index is -0.200. The van der Waals surface area contributed by atoms with Gasteiger partial charge in [-0.05, 0) is 24.3 Å². The number of carbonyl (C=O) groups excluding carboxylic acids is 1. The van der Waals surface area contributed by atoms with Crippen LogP contribution in [-0.2, 0) is 17.7 Å². The van der Waals surface area contributed by atoms with Crippen molar-refractivity contribution in [3.8, 4) is 5.75 Å². The van der Waals surface area contributed by atoms with Crippen LogP contribution in [0.1, 0.15) is 28.2 Å². The van der Waals surface area contributed by atoms with Crippen LogP contribution in [-0.4, -0.2) is 42.0 Å². The Balaban J connectivity index is 0.00000182.